The van der Waals surface area contributed by atoms with Crippen molar-refractivity contribution in [3.63, 3.8) is 0 Å². The van der Waals surface area contributed by atoms with E-state index < -0.39 is 0 Å². The van der Waals surface area contributed by atoms with Crippen molar-refractivity contribution in [3.05, 3.63) is 71.8 Å². The topological polar surface area (TPSA) is 46.3 Å². The van der Waals surface area contributed by atoms with Crippen molar-refractivity contribution in [3.8, 4) is 0 Å². The fraction of sp³-hybridized carbons (Fsp3) is 0.316. The first-order valence-corrected chi connectivity index (χ1v) is 7.90. The minimum absolute atomic E-state index is 0. The number of nitrogens with two attached hydrogens (primary N) is 1. The van der Waals surface area contributed by atoms with Gasteiger partial charge in [-0.3, -0.25) is 4.79 Å². The lowest BCUT2D eigenvalue weighted by Crippen LogP contribution is -2.44. The second-order valence-corrected chi connectivity index (χ2v) is 5.92. The zero-order valence-corrected chi connectivity index (χ0v) is 13.9. The number of rotatable bonds is 3. The van der Waals surface area contributed by atoms with E-state index in [0.29, 0.717) is 0 Å². The van der Waals surface area contributed by atoms with E-state index in [1.807, 2.05) is 65.6 Å². The number of nitrogens with zero attached hydrogens (tertiary/aromatic N) is 1. The normalized spacial score (nSPS) is 15.3. The van der Waals surface area contributed by atoms with E-state index >= 15 is 0 Å². The fourth-order valence-electron chi connectivity index (χ4n) is 3.07. The summed E-state index contributed by atoms with van der Waals surface area (Å²) >= 11 is 0. The van der Waals surface area contributed by atoms with Gasteiger partial charge in [0, 0.05) is 19.1 Å². The maximum absolute atomic E-state index is 13.1. The quantitative estimate of drug-likeness (QED) is 0.939. The lowest BCUT2D eigenvalue weighted by Gasteiger charge is -2.33. The number of amides is 1. The van der Waals surface area contributed by atoms with E-state index in [1.165, 1.54) is 0 Å². The van der Waals surface area contributed by atoms with Crippen LogP contribution in [0, 0.1) is 0 Å². The molecule has 0 aliphatic carbocycles. The van der Waals surface area contributed by atoms with Gasteiger partial charge in [-0.2, -0.15) is 0 Å². The van der Waals surface area contributed by atoms with Crippen molar-refractivity contribution in [2.75, 3.05) is 13.1 Å². The Morgan fingerprint density at radius 3 is 1.78 bits per heavy atom. The van der Waals surface area contributed by atoms with E-state index in [0.717, 1.165) is 37.1 Å². The molecular formula is C19H23ClN2O. The molecule has 1 heterocycles. The molecule has 0 unspecified atom stereocenters. The lowest BCUT2D eigenvalue weighted by atomic mass is 9.89. The van der Waals surface area contributed by atoms with Gasteiger partial charge in [0.25, 0.3) is 0 Å². The Labute approximate surface area is 143 Å². The van der Waals surface area contributed by atoms with Gasteiger partial charge in [-0.25, -0.2) is 0 Å². The molecule has 0 aromatic heterocycles. The molecule has 2 aromatic rings. The molecule has 0 bridgehead atoms. The molecular weight excluding hydrogens is 308 g/mol. The fourth-order valence-corrected chi connectivity index (χ4v) is 3.07. The molecule has 0 saturated carbocycles. The summed E-state index contributed by atoms with van der Waals surface area (Å²) in [5.41, 5.74) is 8.06. The van der Waals surface area contributed by atoms with Crippen LogP contribution in [0.2, 0.25) is 0 Å². The van der Waals surface area contributed by atoms with Gasteiger partial charge >= 0.3 is 0 Å². The first-order valence-electron chi connectivity index (χ1n) is 7.90. The summed E-state index contributed by atoms with van der Waals surface area (Å²) in [5, 5.41) is 0. The predicted octanol–water partition coefficient (Wildman–Crippen LogP) is 3.19. The summed E-state index contributed by atoms with van der Waals surface area (Å²) in [6, 6.07) is 20.3. The van der Waals surface area contributed by atoms with Gasteiger partial charge < -0.3 is 10.6 Å². The van der Waals surface area contributed by atoms with Gasteiger partial charge in [0.05, 0.1) is 5.92 Å². The minimum atomic E-state index is -0.225. The zero-order chi connectivity index (χ0) is 15.4. The third-order valence-electron chi connectivity index (χ3n) is 4.36. The Kier molecular flexibility index (Phi) is 6.20. The van der Waals surface area contributed by atoms with Crippen LogP contribution in [0.5, 0.6) is 0 Å². The van der Waals surface area contributed by atoms with E-state index in [-0.39, 0.29) is 30.3 Å². The second kappa shape index (κ2) is 8.14. The summed E-state index contributed by atoms with van der Waals surface area (Å²) < 4.78 is 0. The first kappa shape index (κ1) is 17.5. The number of piperidine rings is 1. The number of hydrogen-bond acceptors (Lipinski definition) is 2. The van der Waals surface area contributed by atoms with Gasteiger partial charge in [-0.05, 0) is 24.0 Å². The minimum Gasteiger partial charge on any atom is -0.342 e. The van der Waals surface area contributed by atoms with Gasteiger partial charge in [0.1, 0.15) is 0 Å². The average Bonchev–Trinajstić information content (AvgIpc) is 2.57. The molecule has 0 radical (unpaired) electrons. The molecule has 0 atom stereocenters. The molecule has 3 nitrogen and oxygen atoms in total. The summed E-state index contributed by atoms with van der Waals surface area (Å²) in [4.78, 5) is 15.1. The highest BCUT2D eigenvalue weighted by atomic mass is 35.5. The maximum atomic E-state index is 13.1. The van der Waals surface area contributed by atoms with Crippen LogP contribution >= 0.6 is 12.4 Å². The number of benzene rings is 2. The van der Waals surface area contributed by atoms with Gasteiger partial charge in [-0.1, -0.05) is 60.7 Å². The van der Waals surface area contributed by atoms with Crippen LogP contribution < -0.4 is 5.73 Å². The number of hydrogen-bond donors (Lipinski definition) is 1. The van der Waals surface area contributed by atoms with Crippen molar-refractivity contribution in [2.24, 2.45) is 5.73 Å². The van der Waals surface area contributed by atoms with Crippen LogP contribution in [-0.2, 0) is 4.79 Å². The smallest absolute Gasteiger partial charge is 0.234 e. The van der Waals surface area contributed by atoms with Gasteiger partial charge in [0.15, 0.2) is 0 Å². The lowest BCUT2D eigenvalue weighted by molar-refractivity contribution is -0.132. The number of carbonyl (C=O) groups excluding carboxylic acids is 1. The Morgan fingerprint density at radius 2 is 1.35 bits per heavy atom. The third kappa shape index (κ3) is 4.12. The van der Waals surface area contributed by atoms with Crippen molar-refractivity contribution in [2.45, 2.75) is 24.8 Å². The molecule has 122 valence electrons. The molecule has 1 aliphatic heterocycles. The van der Waals surface area contributed by atoms with Crippen LogP contribution in [0.1, 0.15) is 29.9 Å². The average molecular weight is 331 g/mol. The third-order valence-corrected chi connectivity index (χ3v) is 4.36. The summed E-state index contributed by atoms with van der Waals surface area (Å²) in [6.45, 7) is 1.52. The Hall–Kier alpha value is -1.84. The Morgan fingerprint density at radius 1 is 0.913 bits per heavy atom. The molecule has 0 spiro atoms. The molecule has 1 fully saturated rings. The van der Waals surface area contributed by atoms with Crippen molar-refractivity contribution in [1.82, 2.24) is 4.90 Å². The van der Waals surface area contributed by atoms with Crippen LogP contribution in [0.4, 0.5) is 0 Å². The van der Waals surface area contributed by atoms with E-state index in [2.05, 4.69) is 0 Å². The molecule has 1 aliphatic rings. The summed E-state index contributed by atoms with van der Waals surface area (Å²) in [5.74, 6) is -0.0407. The van der Waals surface area contributed by atoms with Crippen molar-refractivity contribution in [1.29, 1.82) is 0 Å². The van der Waals surface area contributed by atoms with Crippen molar-refractivity contribution < 1.29 is 4.79 Å². The van der Waals surface area contributed by atoms with Crippen LogP contribution in [0.25, 0.3) is 0 Å². The highest BCUT2D eigenvalue weighted by molar-refractivity contribution is 5.87. The predicted molar refractivity (Wildman–Crippen MR) is 95.8 cm³/mol. The second-order valence-electron chi connectivity index (χ2n) is 5.92. The molecule has 1 amide bonds. The highest BCUT2D eigenvalue weighted by Crippen LogP contribution is 2.27. The summed E-state index contributed by atoms with van der Waals surface area (Å²) in [6.07, 6.45) is 1.78. The number of likely N-dealkylation sites (tertiary alicyclic amines) is 1. The summed E-state index contributed by atoms with van der Waals surface area (Å²) in [7, 11) is 0. The van der Waals surface area contributed by atoms with Crippen molar-refractivity contribution >= 4 is 18.3 Å². The van der Waals surface area contributed by atoms with Gasteiger partial charge in [0.2, 0.25) is 5.91 Å². The van der Waals surface area contributed by atoms with Crippen LogP contribution in [-0.4, -0.2) is 29.9 Å². The molecule has 3 rings (SSSR count). The molecule has 1 saturated heterocycles. The molecule has 2 aromatic carbocycles. The standard InChI is InChI=1S/C19H22N2O.ClH/c20-17-11-13-21(14-12-17)19(22)18(15-7-3-1-4-8-15)16-9-5-2-6-10-16;/h1-10,17-18H,11-14,20H2;1H. The maximum Gasteiger partial charge on any atom is 0.234 e. The Bertz CT molecular complexity index is 570. The van der Waals surface area contributed by atoms with Crippen LogP contribution in [0.3, 0.4) is 0 Å². The van der Waals surface area contributed by atoms with E-state index in [1.54, 1.807) is 0 Å². The first-order chi connectivity index (χ1) is 10.8. The number of carbonyl (C=O) groups is 1. The van der Waals surface area contributed by atoms with E-state index in [9.17, 15) is 4.79 Å². The van der Waals surface area contributed by atoms with Gasteiger partial charge in [-0.15, -0.1) is 12.4 Å². The van der Waals surface area contributed by atoms with Crippen LogP contribution in [0.15, 0.2) is 60.7 Å². The molecule has 2 N–H and O–H groups in total. The molecule has 4 heteroatoms. The largest absolute Gasteiger partial charge is 0.342 e. The highest BCUT2D eigenvalue weighted by Gasteiger charge is 2.29. The SMILES string of the molecule is Cl.NC1CCN(C(=O)C(c2ccccc2)c2ccccc2)CC1. The Balaban J connectivity index is 0.00000192. The van der Waals surface area contributed by atoms with E-state index in [4.69, 9.17) is 5.73 Å². The zero-order valence-electron chi connectivity index (χ0n) is 13.1. The monoisotopic (exact) mass is 330 g/mol. The number of halogens is 1. The molecule has 23 heavy (non-hydrogen) atoms.